The Morgan fingerprint density at radius 1 is 1.22 bits per heavy atom. The monoisotopic (exact) mass is 443 g/mol. The second-order valence-electron chi connectivity index (χ2n) is 10.2. The lowest BCUT2D eigenvalue weighted by molar-refractivity contribution is -0.120. The summed E-state index contributed by atoms with van der Waals surface area (Å²) in [7, 11) is 0. The molecule has 0 radical (unpaired) electrons. The Balaban J connectivity index is 1.45. The van der Waals surface area contributed by atoms with Gasteiger partial charge in [0.2, 0.25) is 11.8 Å². The van der Waals surface area contributed by atoms with Crippen molar-refractivity contribution >= 4 is 18.0 Å². The van der Waals surface area contributed by atoms with Crippen LogP contribution in [0.15, 0.2) is 12.3 Å². The van der Waals surface area contributed by atoms with Gasteiger partial charge in [-0.15, -0.1) is 0 Å². The molecule has 0 aliphatic heterocycles. The van der Waals surface area contributed by atoms with Crippen LogP contribution in [0, 0.1) is 29.6 Å². The molecule has 176 valence electrons. The quantitative estimate of drug-likeness (QED) is 0.514. The van der Waals surface area contributed by atoms with E-state index in [1.54, 1.807) is 23.2 Å². The topological polar surface area (TPSA) is 111 Å². The highest BCUT2D eigenvalue weighted by atomic mass is 16.5. The zero-order valence-electron chi connectivity index (χ0n) is 19.3. The molecule has 5 rings (SSSR count). The van der Waals surface area contributed by atoms with E-state index in [4.69, 9.17) is 10.5 Å². The molecule has 1 aromatic heterocycles. The fourth-order valence-corrected chi connectivity index (χ4v) is 5.94. The summed E-state index contributed by atoms with van der Waals surface area (Å²) in [5, 5.41) is 10.4. The molecule has 0 spiro atoms. The number of nitrogens with zero attached hydrogens (tertiary/aromatic N) is 2. The molecule has 2 amide bonds. The molecule has 4 N–H and O–H groups in total. The lowest BCUT2D eigenvalue weighted by Gasteiger charge is -2.54. The summed E-state index contributed by atoms with van der Waals surface area (Å²) < 4.78 is 7.54. The number of nitrogens with two attached hydrogens (primary N) is 1. The van der Waals surface area contributed by atoms with Crippen molar-refractivity contribution in [3.8, 4) is 5.88 Å². The van der Waals surface area contributed by atoms with Crippen molar-refractivity contribution in [2.45, 2.75) is 58.4 Å². The molecule has 4 aliphatic rings. The second-order valence-corrected chi connectivity index (χ2v) is 10.2. The number of hydrogen-bond donors (Lipinski definition) is 3. The van der Waals surface area contributed by atoms with E-state index in [0.29, 0.717) is 48.9 Å². The predicted molar refractivity (Wildman–Crippen MR) is 123 cm³/mol. The van der Waals surface area contributed by atoms with Gasteiger partial charge in [0.1, 0.15) is 5.56 Å². The zero-order chi connectivity index (χ0) is 22.7. The molecule has 0 saturated heterocycles. The van der Waals surface area contributed by atoms with Gasteiger partial charge in [0.15, 0.2) is 0 Å². The maximum atomic E-state index is 13.3. The van der Waals surface area contributed by atoms with E-state index in [9.17, 15) is 9.59 Å². The van der Waals surface area contributed by atoms with E-state index in [0.717, 1.165) is 11.8 Å². The first kappa shape index (κ1) is 22.8. The fourth-order valence-electron chi connectivity index (χ4n) is 5.94. The normalized spacial score (nSPS) is 28.4. The Bertz CT molecular complexity index is 819. The maximum absolute atomic E-state index is 13.3. The largest absolute Gasteiger partial charge is 0.477 e. The number of nitrogens with one attached hydrogen (secondary N) is 2. The summed E-state index contributed by atoms with van der Waals surface area (Å²) in [6, 6.07) is 0.262. The molecule has 8 nitrogen and oxygen atoms in total. The van der Waals surface area contributed by atoms with E-state index >= 15 is 0 Å². The summed E-state index contributed by atoms with van der Waals surface area (Å²) >= 11 is 0. The molecule has 0 atom stereocenters. The van der Waals surface area contributed by atoms with Gasteiger partial charge in [0, 0.05) is 31.8 Å². The number of carbonyl (C=O) groups is 2. The highest BCUT2D eigenvalue weighted by molar-refractivity contribution is 5.96. The third-order valence-corrected chi connectivity index (χ3v) is 7.09. The number of rotatable bonds is 10. The van der Waals surface area contributed by atoms with Gasteiger partial charge in [-0.3, -0.25) is 9.59 Å². The molecule has 4 bridgehead atoms. The molecule has 8 heteroatoms. The Morgan fingerprint density at radius 3 is 2.53 bits per heavy atom. The Hall–Kier alpha value is -2.35. The van der Waals surface area contributed by atoms with Gasteiger partial charge in [-0.2, -0.15) is 5.10 Å². The van der Waals surface area contributed by atoms with Crippen molar-refractivity contribution in [1.29, 1.82) is 0 Å². The summed E-state index contributed by atoms with van der Waals surface area (Å²) in [4.78, 5) is 25.1. The third kappa shape index (κ3) is 5.17. The minimum atomic E-state index is -0.110. The lowest BCUT2D eigenvalue weighted by atomic mass is 9.54. The molecular weight excluding hydrogens is 406 g/mol. The molecule has 4 aliphatic carbocycles. The number of aromatic nitrogens is 2. The average Bonchev–Trinajstić information content (AvgIpc) is 3.15. The molecular formula is C24H37N5O3. The molecule has 0 aromatic carbocycles. The highest BCUT2D eigenvalue weighted by Crippen LogP contribution is 2.53. The van der Waals surface area contributed by atoms with E-state index in [-0.39, 0.29) is 24.3 Å². The van der Waals surface area contributed by atoms with Crippen LogP contribution in [-0.4, -0.2) is 47.3 Å². The first-order valence-electron chi connectivity index (χ1n) is 12.1. The van der Waals surface area contributed by atoms with Crippen molar-refractivity contribution in [1.82, 2.24) is 20.4 Å². The molecule has 32 heavy (non-hydrogen) atoms. The summed E-state index contributed by atoms with van der Waals surface area (Å²) in [6.45, 7) is 5.46. The maximum Gasteiger partial charge on any atom is 0.258 e. The van der Waals surface area contributed by atoms with E-state index in [1.807, 2.05) is 0 Å². The lowest BCUT2D eigenvalue weighted by Crippen LogP contribution is -2.55. The van der Waals surface area contributed by atoms with Gasteiger partial charge >= 0.3 is 0 Å². The number of carbonyl (C=O) groups excluding carboxylic acids is 2. The second kappa shape index (κ2) is 10.1. The van der Waals surface area contributed by atoms with Crippen molar-refractivity contribution < 1.29 is 14.3 Å². The third-order valence-electron chi connectivity index (χ3n) is 7.09. The van der Waals surface area contributed by atoms with Crippen LogP contribution in [0.1, 0.15) is 62.7 Å². The standard InChI is InChI=1S/C24H37N5O3/c1-15(2)14-32-24-20(13-27-29(24)7-3-4-21(30)26-6-5-25)23(31)28-22-18-9-16-8-17(11-18)12-19(22)10-16/h3,7,13,15-19,22H,4-6,8-12,14,25H2,1-2H3,(H,26,30)(H,28,31). The van der Waals surface area contributed by atoms with Gasteiger partial charge in [0.05, 0.1) is 12.8 Å². The summed E-state index contributed by atoms with van der Waals surface area (Å²) in [6.07, 6.45) is 11.6. The van der Waals surface area contributed by atoms with Crippen LogP contribution in [-0.2, 0) is 4.79 Å². The first-order chi connectivity index (χ1) is 15.4. The van der Waals surface area contributed by atoms with Crippen LogP contribution >= 0.6 is 0 Å². The van der Waals surface area contributed by atoms with Crippen LogP contribution in [0.25, 0.3) is 6.20 Å². The van der Waals surface area contributed by atoms with E-state index < -0.39 is 0 Å². The van der Waals surface area contributed by atoms with Crippen LogP contribution in [0.3, 0.4) is 0 Å². The van der Waals surface area contributed by atoms with Crippen LogP contribution in [0.5, 0.6) is 5.88 Å². The average molecular weight is 444 g/mol. The zero-order valence-corrected chi connectivity index (χ0v) is 19.3. The first-order valence-corrected chi connectivity index (χ1v) is 12.1. The molecule has 4 saturated carbocycles. The van der Waals surface area contributed by atoms with Crippen molar-refractivity contribution in [3.63, 3.8) is 0 Å². The molecule has 1 aromatic rings. The predicted octanol–water partition coefficient (Wildman–Crippen LogP) is 2.41. The van der Waals surface area contributed by atoms with Crippen LogP contribution < -0.4 is 21.1 Å². The number of hydrogen-bond acceptors (Lipinski definition) is 5. The number of ether oxygens (including phenoxy) is 1. The van der Waals surface area contributed by atoms with Crippen molar-refractivity contribution in [2.75, 3.05) is 19.7 Å². The number of amides is 2. The Kier molecular flexibility index (Phi) is 7.18. The Labute approximate surface area is 190 Å². The molecule has 0 unspecified atom stereocenters. The van der Waals surface area contributed by atoms with Gasteiger partial charge in [-0.25, -0.2) is 4.68 Å². The summed E-state index contributed by atoms with van der Waals surface area (Å²) in [5.74, 6) is 3.47. The van der Waals surface area contributed by atoms with Crippen molar-refractivity contribution in [2.24, 2.45) is 35.3 Å². The SMILES string of the molecule is CC(C)COc1c(C(=O)NC2C3CC4CC(C3)CC2C4)cnn1C=CCC(=O)NCCN. The van der Waals surface area contributed by atoms with Crippen LogP contribution in [0.2, 0.25) is 0 Å². The highest BCUT2D eigenvalue weighted by Gasteiger charge is 2.48. The Morgan fingerprint density at radius 2 is 1.91 bits per heavy atom. The van der Waals surface area contributed by atoms with Gasteiger partial charge in [0.25, 0.3) is 5.91 Å². The van der Waals surface area contributed by atoms with E-state index in [2.05, 4.69) is 29.6 Å². The van der Waals surface area contributed by atoms with Crippen LogP contribution in [0.4, 0.5) is 0 Å². The van der Waals surface area contributed by atoms with E-state index in [1.165, 1.54) is 32.1 Å². The van der Waals surface area contributed by atoms with Crippen molar-refractivity contribution in [3.05, 3.63) is 17.8 Å². The van der Waals surface area contributed by atoms with Gasteiger partial charge < -0.3 is 21.1 Å². The molecule has 4 fully saturated rings. The molecule has 1 heterocycles. The van der Waals surface area contributed by atoms with Gasteiger partial charge in [-0.05, 0) is 61.7 Å². The van der Waals surface area contributed by atoms with Gasteiger partial charge in [-0.1, -0.05) is 19.9 Å². The summed E-state index contributed by atoms with van der Waals surface area (Å²) in [5.41, 5.74) is 5.86. The fraction of sp³-hybridized carbons (Fsp3) is 0.708. The smallest absolute Gasteiger partial charge is 0.258 e. The minimum Gasteiger partial charge on any atom is -0.477 e. The minimum absolute atomic E-state index is 0.108.